The largest absolute Gasteiger partial charge is 0.385 e. The van der Waals surface area contributed by atoms with Crippen LogP contribution in [0.5, 0.6) is 0 Å². The second kappa shape index (κ2) is 9.61. The lowest BCUT2D eigenvalue weighted by atomic mass is 10.2. The van der Waals surface area contributed by atoms with E-state index in [0.717, 1.165) is 31.6 Å². The van der Waals surface area contributed by atoms with Gasteiger partial charge in [-0.05, 0) is 35.4 Å². The third-order valence-electron chi connectivity index (χ3n) is 4.22. The van der Waals surface area contributed by atoms with Crippen molar-refractivity contribution in [1.82, 2.24) is 29.8 Å². The number of aromatic nitrogens is 6. The summed E-state index contributed by atoms with van der Waals surface area (Å²) < 4.78 is 8.68. The number of hydrogen-bond donors (Lipinski definition) is 0. The number of para-hydroxylation sites is 1. The average Bonchev–Trinajstić information content (AvgIpc) is 3.14. The van der Waals surface area contributed by atoms with Crippen molar-refractivity contribution in [2.45, 2.75) is 50.2 Å². The Hall–Kier alpha value is -2.26. The Morgan fingerprint density at radius 1 is 1.19 bits per heavy atom. The van der Waals surface area contributed by atoms with Gasteiger partial charge >= 0.3 is 0 Å². The zero-order valence-corrected chi connectivity index (χ0v) is 16.5. The molecule has 1 aromatic carbocycles. The number of fused-ring (bicyclic) bond motifs is 1. The first-order valence-electron chi connectivity index (χ1n) is 9.11. The fraction of sp³-hybridized carbons (Fsp3) is 0.500. The molecule has 3 rings (SSSR count). The number of unbranched alkanes of at least 4 members (excludes halogenated alkanes) is 1. The zero-order valence-electron chi connectivity index (χ0n) is 15.7. The lowest BCUT2D eigenvalue weighted by Gasteiger charge is -2.13. The maximum Gasteiger partial charge on any atom is 0.262 e. The monoisotopic (exact) mass is 388 g/mol. The minimum atomic E-state index is -0.0234. The first-order chi connectivity index (χ1) is 13.2. The lowest BCUT2D eigenvalue weighted by molar-refractivity contribution is 0.189. The number of methoxy groups -OCH3 is 1. The first kappa shape index (κ1) is 19.5. The summed E-state index contributed by atoms with van der Waals surface area (Å²) in [6.07, 6.45) is 2.86. The van der Waals surface area contributed by atoms with E-state index in [2.05, 4.69) is 22.4 Å². The molecular formula is C18H24N6O2S. The van der Waals surface area contributed by atoms with E-state index in [1.54, 1.807) is 11.7 Å². The molecule has 0 saturated heterocycles. The summed E-state index contributed by atoms with van der Waals surface area (Å²) in [7, 11) is 1.66. The van der Waals surface area contributed by atoms with Crippen LogP contribution in [0.25, 0.3) is 10.9 Å². The molecule has 27 heavy (non-hydrogen) atoms. The minimum absolute atomic E-state index is 0.0234. The first-order valence-corrected chi connectivity index (χ1v) is 10.1. The van der Waals surface area contributed by atoms with Crippen LogP contribution < -0.4 is 5.56 Å². The van der Waals surface area contributed by atoms with Gasteiger partial charge in [-0.25, -0.2) is 9.67 Å². The Kier molecular flexibility index (Phi) is 6.94. The molecule has 0 aliphatic heterocycles. The van der Waals surface area contributed by atoms with Gasteiger partial charge in [-0.3, -0.25) is 9.36 Å². The summed E-state index contributed by atoms with van der Waals surface area (Å²) in [5, 5.41) is 13.3. The van der Waals surface area contributed by atoms with Crippen LogP contribution in [0.4, 0.5) is 0 Å². The summed E-state index contributed by atoms with van der Waals surface area (Å²) in [6.45, 7) is 4.09. The highest BCUT2D eigenvalue weighted by Gasteiger charge is 2.13. The van der Waals surface area contributed by atoms with Crippen LogP contribution in [-0.2, 0) is 23.6 Å². The summed E-state index contributed by atoms with van der Waals surface area (Å²) in [5.41, 5.74) is 0.684. The zero-order chi connectivity index (χ0) is 19.1. The van der Waals surface area contributed by atoms with Gasteiger partial charge in [0.1, 0.15) is 0 Å². The van der Waals surface area contributed by atoms with Crippen LogP contribution in [0.2, 0.25) is 0 Å². The van der Waals surface area contributed by atoms with E-state index in [1.807, 2.05) is 28.9 Å². The normalized spacial score (nSPS) is 11.3. The molecule has 0 saturated carbocycles. The molecule has 0 aliphatic rings. The van der Waals surface area contributed by atoms with Crippen LogP contribution in [-0.4, -0.2) is 43.5 Å². The molecule has 0 spiro atoms. The number of rotatable bonds is 10. The number of benzene rings is 1. The molecule has 8 nitrogen and oxygen atoms in total. The van der Waals surface area contributed by atoms with E-state index in [0.29, 0.717) is 35.0 Å². The fourth-order valence-corrected chi connectivity index (χ4v) is 3.72. The number of hydrogen-bond acceptors (Lipinski definition) is 7. The van der Waals surface area contributed by atoms with E-state index in [9.17, 15) is 4.79 Å². The average molecular weight is 388 g/mol. The molecule has 0 amide bonds. The number of tetrazole rings is 1. The van der Waals surface area contributed by atoms with Crippen LogP contribution in [0.3, 0.4) is 0 Å². The van der Waals surface area contributed by atoms with E-state index in [-0.39, 0.29) is 5.56 Å². The summed E-state index contributed by atoms with van der Waals surface area (Å²) in [4.78, 5) is 17.6. The predicted octanol–water partition coefficient (Wildman–Crippen LogP) is 2.51. The Balaban J connectivity index is 1.87. The SMILES string of the molecule is CCCCn1nnnc1CSc1nc2ccccc2c(=O)n1CCCOC. The van der Waals surface area contributed by atoms with Gasteiger partial charge in [-0.1, -0.05) is 37.2 Å². The standard InChI is InChI=1S/C18H24N6O2S/c1-3-4-11-24-16(20-21-22-24)13-27-18-19-15-9-6-5-8-14(15)17(25)23(18)10-7-12-26-2/h5-6,8-9H,3-4,7,10-13H2,1-2H3. The highest BCUT2D eigenvalue weighted by Crippen LogP contribution is 2.21. The second-order valence-electron chi connectivity index (χ2n) is 6.18. The molecule has 2 aromatic heterocycles. The van der Waals surface area contributed by atoms with Gasteiger partial charge in [0.25, 0.3) is 5.56 Å². The second-order valence-corrected chi connectivity index (χ2v) is 7.12. The van der Waals surface area contributed by atoms with Gasteiger partial charge < -0.3 is 4.74 Å². The molecule has 3 aromatic rings. The van der Waals surface area contributed by atoms with Crippen molar-refractivity contribution < 1.29 is 4.74 Å². The van der Waals surface area contributed by atoms with Crippen molar-refractivity contribution in [2.75, 3.05) is 13.7 Å². The number of ether oxygens (including phenoxy) is 1. The van der Waals surface area contributed by atoms with Crippen molar-refractivity contribution in [3.05, 3.63) is 40.4 Å². The van der Waals surface area contributed by atoms with Crippen LogP contribution in [0.1, 0.15) is 32.0 Å². The Morgan fingerprint density at radius 2 is 2.04 bits per heavy atom. The molecule has 144 valence electrons. The molecule has 0 fully saturated rings. The number of nitrogens with zero attached hydrogens (tertiary/aromatic N) is 6. The smallest absolute Gasteiger partial charge is 0.262 e. The lowest BCUT2D eigenvalue weighted by Crippen LogP contribution is -2.24. The van der Waals surface area contributed by atoms with Crippen molar-refractivity contribution >= 4 is 22.7 Å². The molecule has 0 N–H and O–H groups in total. The van der Waals surface area contributed by atoms with Gasteiger partial charge in [-0.2, -0.15) is 0 Å². The number of aryl methyl sites for hydroxylation is 1. The summed E-state index contributed by atoms with van der Waals surface area (Å²) in [6, 6.07) is 7.44. The topological polar surface area (TPSA) is 87.7 Å². The highest BCUT2D eigenvalue weighted by atomic mass is 32.2. The van der Waals surface area contributed by atoms with Gasteiger partial charge in [0.15, 0.2) is 11.0 Å². The summed E-state index contributed by atoms with van der Waals surface area (Å²) in [5.74, 6) is 1.35. The van der Waals surface area contributed by atoms with E-state index in [4.69, 9.17) is 9.72 Å². The van der Waals surface area contributed by atoms with Gasteiger partial charge in [0.2, 0.25) is 0 Å². The molecular weight excluding hydrogens is 364 g/mol. The highest BCUT2D eigenvalue weighted by molar-refractivity contribution is 7.98. The summed E-state index contributed by atoms with van der Waals surface area (Å²) >= 11 is 1.49. The minimum Gasteiger partial charge on any atom is -0.385 e. The molecule has 0 radical (unpaired) electrons. The maximum atomic E-state index is 12.9. The van der Waals surface area contributed by atoms with Crippen LogP contribution in [0, 0.1) is 0 Å². The Morgan fingerprint density at radius 3 is 2.85 bits per heavy atom. The van der Waals surface area contributed by atoms with Gasteiger partial charge in [0, 0.05) is 26.8 Å². The third-order valence-corrected chi connectivity index (χ3v) is 5.19. The maximum absolute atomic E-state index is 12.9. The molecule has 0 unspecified atom stereocenters. The van der Waals surface area contributed by atoms with E-state index < -0.39 is 0 Å². The molecule has 0 bridgehead atoms. The van der Waals surface area contributed by atoms with Crippen molar-refractivity contribution in [3.8, 4) is 0 Å². The van der Waals surface area contributed by atoms with Crippen molar-refractivity contribution in [3.63, 3.8) is 0 Å². The van der Waals surface area contributed by atoms with Crippen LogP contribution in [0.15, 0.2) is 34.2 Å². The number of thioether (sulfide) groups is 1. The van der Waals surface area contributed by atoms with Crippen molar-refractivity contribution in [2.24, 2.45) is 0 Å². The molecule has 0 atom stereocenters. The van der Waals surface area contributed by atoms with E-state index >= 15 is 0 Å². The molecule has 0 aliphatic carbocycles. The molecule has 2 heterocycles. The van der Waals surface area contributed by atoms with E-state index in [1.165, 1.54) is 11.8 Å². The molecule has 9 heteroatoms. The Labute approximate surface area is 161 Å². The van der Waals surface area contributed by atoms with Crippen molar-refractivity contribution in [1.29, 1.82) is 0 Å². The fourth-order valence-electron chi connectivity index (χ4n) is 2.76. The predicted molar refractivity (Wildman–Crippen MR) is 105 cm³/mol. The van der Waals surface area contributed by atoms with Gasteiger partial charge in [-0.15, -0.1) is 5.10 Å². The quantitative estimate of drug-likeness (QED) is 0.299. The Bertz CT molecular complexity index is 939. The third kappa shape index (κ3) is 4.72. The van der Waals surface area contributed by atoms with Crippen LogP contribution >= 0.6 is 11.8 Å². The van der Waals surface area contributed by atoms with Gasteiger partial charge in [0.05, 0.1) is 16.7 Å².